The summed E-state index contributed by atoms with van der Waals surface area (Å²) in [5.74, 6) is 0.0611. The molecule has 1 atom stereocenters. The number of hydrogen-bond acceptors (Lipinski definition) is 1. The number of Topliss-reactive ketones (excluding diaryl/α,β-unsaturated/α-hetero) is 1. The highest BCUT2D eigenvalue weighted by atomic mass is 19.1. The lowest BCUT2D eigenvalue weighted by Gasteiger charge is -2.16. The zero-order chi connectivity index (χ0) is 12.4. The van der Waals surface area contributed by atoms with Crippen LogP contribution in [0.15, 0.2) is 46.9 Å². The van der Waals surface area contributed by atoms with Gasteiger partial charge in [0, 0.05) is 17.6 Å². The van der Waals surface area contributed by atoms with Gasteiger partial charge in [0.1, 0.15) is 5.83 Å². The minimum Gasteiger partial charge on any atom is -0.294 e. The summed E-state index contributed by atoms with van der Waals surface area (Å²) in [5.41, 5.74) is 1.78. The van der Waals surface area contributed by atoms with E-state index in [2.05, 4.69) is 0 Å². The first-order valence-corrected chi connectivity index (χ1v) is 6.07. The summed E-state index contributed by atoms with van der Waals surface area (Å²) in [7, 11) is 0. The molecule has 0 spiro atoms. The summed E-state index contributed by atoms with van der Waals surface area (Å²) in [6.07, 6.45) is 9.48. The Balaban J connectivity index is 2.35. The minimum atomic E-state index is -0.209. The van der Waals surface area contributed by atoms with Crippen LogP contribution in [0.2, 0.25) is 0 Å². The van der Waals surface area contributed by atoms with Gasteiger partial charge in [-0.05, 0) is 31.3 Å². The van der Waals surface area contributed by atoms with E-state index in [1.165, 1.54) is 0 Å². The van der Waals surface area contributed by atoms with Crippen LogP contribution in [0.25, 0.3) is 0 Å². The molecule has 2 aliphatic carbocycles. The highest BCUT2D eigenvalue weighted by Gasteiger charge is 2.23. The number of allylic oxidation sites excluding steroid dienone is 8. The fourth-order valence-electron chi connectivity index (χ4n) is 2.24. The molecular formula is C15H17FO. The number of halogens is 1. The normalized spacial score (nSPS) is 25.6. The van der Waals surface area contributed by atoms with Gasteiger partial charge in [0.25, 0.3) is 0 Å². The molecule has 2 rings (SSSR count). The Hall–Kier alpha value is -1.44. The molecule has 0 amide bonds. The summed E-state index contributed by atoms with van der Waals surface area (Å²) < 4.78 is 14.0. The highest BCUT2D eigenvalue weighted by Crippen LogP contribution is 2.33. The van der Waals surface area contributed by atoms with Gasteiger partial charge in [0.15, 0.2) is 5.78 Å². The van der Waals surface area contributed by atoms with Crippen LogP contribution in [-0.4, -0.2) is 5.78 Å². The molecule has 0 aliphatic heterocycles. The van der Waals surface area contributed by atoms with Crippen LogP contribution >= 0.6 is 0 Å². The maximum absolute atomic E-state index is 14.0. The third-order valence-electron chi connectivity index (χ3n) is 3.28. The van der Waals surface area contributed by atoms with Crippen molar-refractivity contribution in [3.05, 3.63) is 46.9 Å². The molecule has 1 nitrogen and oxygen atoms in total. The predicted octanol–water partition coefficient (Wildman–Crippen LogP) is 4.04. The average molecular weight is 232 g/mol. The number of rotatable bonds is 1. The average Bonchev–Trinajstić information content (AvgIpc) is 2.44. The molecule has 0 aromatic rings. The third kappa shape index (κ3) is 2.46. The fraction of sp³-hybridized carbons (Fsp3) is 0.400. The van der Waals surface area contributed by atoms with E-state index < -0.39 is 0 Å². The van der Waals surface area contributed by atoms with Crippen molar-refractivity contribution in [2.75, 3.05) is 0 Å². The van der Waals surface area contributed by atoms with E-state index in [-0.39, 0.29) is 17.5 Å². The Labute approximate surface area is 101 Å². The van der Waals surface area contributed by atoms with Crippen LogP contribution in [0, 0.1) is 5.92 Å². The van der Waals surface area contributed by atoms with Gasteiger partial charge >= 0.3 is 0 Å². The standard InChI is InChI=1S/C15H17FO/c1-10-5-3-7-12(14(17)9-10)13-8-4-6-11(2)15(13)16/h3,5,7-8,10H,4,6,9H2,1-2H3. The molecule has 0 saturated carbocycles. The monoisotopic (exact) mass is 232 g/mol. The lowest BCUT2D eigenvalue weighted by atomic mass is 9.90. The largest absolute Gasteiger partial charge is 0.294 e. The second kappa shape index (κ2) is 4.82. The zero-order valence-corrected chi connectivity index (χ0v) is 10.3. The lowest BCUT2D eigenvalue weighted by Crippen LogP contribution is -2.10. The smallest absolute Gasteiger partial charge is 0.164 e. The van der Waals surface area contributed by atoms with Crippen LogP contribution < -0.4 is 0 Å². The molecule has 1 unspecified atom stereocenters. The molecule has 0 heterocycles. The zero-order valence-electron chi connectivity index (χ0n) is 10.3. The molecular weight excluding hydrogens is 215 g/mol. The van der Waals surface area contributed by atoms with Crippen LogP contribution in [-0.2, 0) is 4.79 Å². The highest BCUT2D eigenvalue weighted by molar-refractivity contribution is 6.01. The Morgan fingerprint density at radius 3 is 2.88 bits per heavy atom. The molecule has 0 aromatic carbocycles. The first-order chi connectivity index (χ1) is 8.09. The Bertz CT molecular complexity index is 463. The lowest BCUT2D eigenvalue weighted by molar-refractivity contribution is -0.115. The third-order valence-corrected chi connectivity index (χ3v) is 3.28. The number of carbonyl (C=O) groups excluding carboxylic acids is 1. The van der Waals surface area contributed by atoms with Gasteiger partial charge in [0.2, 0.25) is 0 Å². The molecule has 2 aliphatic rings. The molecule has 0 saturated heterocycles. The van der Waals surface area contributed by atoms with Crippen LogP contribution in [0.3, 0.4) is 0 Å². The number of carbonyl (C=O) groups is 1. The molecule has 17 heavy (non-hydrogen) atoms. The van der Waals surface area contributed by atoms with Gasteiger partial charge in [-0.1, -0.05) is 31.2 Å². The number of hydrogen-bond donors (Lipinski definition) is 0. The number of ketones is 1. The quantitative estimate of drug-likeness (QED) is 0.666. The second-order valence-electron chi connectivity index (χ2n) is 4.82. The van der Waals surface area contributed by atoms with E-state index in [0.717, 1.165) is 18.4 Å². The molecule has 0 aromatic heterocycles. The van der Waals surface area contributed by atoms with Crippen molar-refractivity contribution < 1.29 is 9.18 Å². The molecule has 2 heteroatoms. The van der Waals surface area contributed by atoms with Crippen molar-refractivity contribution in [1.29, 1.82) is 0 Å². The first-order valence-electron chi connectivity index (χ1n) is 6.07. The Morgan fingerprint density at radius 1 is 1.35 bits per heavy atom. The molecule has 0 bridgehead atoms. The Morgan fingerprint density at radius 2 is 2.12 bits per heavy atom. The molecule has 0 radical (unpaired) electrons. The topological polar surface area (TPSA) is 17.1 Å². The van der Waals surface area contributed by atoms with E-state index in [9.17, 15) is 9.18 Å². The van der Waals surface area contributed by atoms with Crippen molar-refractivity contribution in [2.24, 2.45) is 5.92 Å². The summed E-state index contributed by atoms with van der Waals surface area (Å²) in [5, 5.41) is 0. The minimum absolute atomic E-state index is 0.0404. The van der Waals surface area contributed by atoms with Gasteiger partial charge in [-0.3, -0.25) is 4.79 Å². The van der Waals surface area contributed by atoms with Crippen molar-refractivity contribution >= 4 is 5.78 Å². The van der Waals surface area contributed by atoms with Gasteiger partial charge in [-0.2, -0.15) is 0 Å². The Kier molecular flexibility index (Phi) is 3.41. The van der Waals surface area contributed by atoms with Gasteiger partial charge in [0.05, 0.1) is 0 Å². The van der Waals surface area contributed by atoms with Crippen molar-refractivity contribution in [3.8, 4) is 0 Å². The van der Waals surface area contributed by atoms with E-state index in [4.69, 9.17) is 0 Å². The SMILES string of the molecule is CC1=C(F)C(C2=CC=CC(C)CC2=O)=CCC1. The molecule has 0 fully saturated rings. The van der Waals surface area contributed by atoms with Crippen LogP contribution in [0.5, 0.6) is 0 Å². The van der Waals surface area contributed by atoms with Crippen LogP contribution in [0.1, 0.15) is 33.1 Å². The van der Waals surface area contributed by atoms with Crippen molar-refractivity contribution in [3.63, 3.8) is 0 Å². The summed E-state index contributed by atoms with van der Waals surface area (Å²) in [6, 6.07) is 0. The maximum Gasteiger partial charge on any atom is 0.164 e. The molecule has 90 valence electrons. The van der Waals surface area contributed by atoms with Gasteiger partial charge in [-0.15, -0.1) is 0 Å². The summed E-state index contributed by atoms with van der Waals surface area (Å²) >= 11 is 0. The van der Waals surface area contributed by atoms with Crippen molar-refractivity contribution in [2.45, 2.75) is 33.1 Å². The first kappa shape index (κ1) is 12.0. The van der Waals surface area contributed by atoms with E-state index in [0.29, 0.717) is 17.6 Å². The van der Waals surface area contributed by atoms with Gasteiger partial charge < -0.3 is 0 Å². The van der Waals surface area contributed by atoms with E-state index in [1.807, 2.05) is 25.2 Å². The fourth-order valence-corrected chi connectivity index (χ4v) is 2.24. The van der Waals surface area contributed by atoms with Gasteiger partial charge in [-0.25, -0.2) is 4.39 Å². The second-order valence-corrected chi connectivity index (χ2v) is 4.82. The maximum atomic E-state index is 14.0. The summed E-state index contributed by atoms with van der Waals surface area (Å²) in [4.78, 5) is 12.0. The predicted molar refractivity (Wildman–Crippen MR) is 67.1 cm³/mol. The van der Waals surface area contributed by atoms with E-state index in [1.54, 1.807) is 13.0 Å². The van der Waals surface area contributed by atoms with Crippen molar-refractivity contribution in [1.82, 2.24) is 0 Å². The van der Waals surface area contributed by atoms with E-state index >= 15 is 0 Å². The molecule has 0 N–H and O–H groups in total. The van der Waals surface area contributed by atoms with Crippen LogP contribution in [0.4, 0.5) is 4.39 Å². The summed E-state index contributed by atoms with van der Waals surface area (Å²) in [6.45, 7) is 3.79.